The Balaban J connectivity index is 2.14. The molecule has 0 radical (unpaired) electrons. The first-order valence-corrected chi connectivity index (χ1v) is 8.60. The fourth-order valence-corrected chi connectivity index (χ4v) is 3.23. The molecular formula is C21H28O3. The summed E-state index contributed by atoms with van der Waals surface area (Å²) in [5.74, 6) is 0.225. The SMILES string of the molecule is C=C1CC[C@@H](C)[C@@](C)(CCc2ccoc2)CC=CC=C1C(=O)OC. The highest BCUT2D eigenvalue weighted by atomic mass is 16.5. The summed E-state index contributed by atoms with van der Waals surface area (Å²) < 4.78 is 10.0. The minimum Gasteiger partial charge on any atom is -0.472 e. The molecule has 1 aliphatic carbocycles. The van der Waals surface area contributed by atoms with Crippen LogP contribution in [0.5, 0.6) is 0 Å². The number of esters is 1. The minimum absolute atomic E-state index is 0.213. The van der Waals surface area contributed by atoms with Crippen LogP contribution in [0.25, 0.3) is 0 Å². The van der Waals surface area contributed by atoms with Gasteiger partial charge in [-0.05, 0) is 66.7 Å². The molecule has 0 saturated heterocycles. The molecule has 1 aromatic heterocycles. The van der Waals surface area contributed by atoms with Gasteiger partial charge in [0.25, 0.3) is 0 Å². The van der Waals surface area contributed by atoms with Gasteiger partial charge in [0.2, 0.25) is 0 Å². The van der Waals surface area contributed by atoms with E-state index >= 15 is 0 Å². The predicted octanol–water partition coefficient (Wildman–Crippen LogP) is 5.25. The van der Waals surface area contributed by atoms with Crippen LogP contribution < -0.4 is 0 Å². The molecule has 0 amide bonds. The zero-order chi connectivity index (χ0) is 17.6. The van der Waals surface area contributed by atoms with Crippen molar-refractivity contribution in [2.45, 2.75) is 46.0 Å². The third kappa shape index (κ3) is 4.50. The van der Waals surface area contributed by atoms with Crippen LogP contribution in [-0.2, 0) is 16.0 Å². The average molecular weight is 328 g/mol. The largest absolute Gasteiger partial charge is 0.472 e. The van der Waals surface area contributed by atoms with Gasteiger partial charge in [-0.25, -0.2) is 4.79 Å². The fourth-order valence-electron chi connectivity index (χ4n) is 3.23. The molecule has 0 spiro atoms. The highest BCUT2D eigenvalue weighted by Crippen LogP contribution is 2.40. The number of furan rings is 1. The van der Waals surface area contributed by atoms with Crippen molar-refractivity contribution in [3.8, 4) is 0 Å². The summed E-state index contributed by atoms with van der Waals surface area (Å²) >= 11 is 0. The van der Waals surface area contributed by atoms with Gasteiger partial charge in [-0.2, -0.15) is 0 Å². The molecule has 2 atom stereocenters. The van der Waals surface area contributed by atoms with E-state index in [2.05, 4.69) is 26.5 Å². The van der Waals surface area contributed by atoms with E-state index in [-0.39, 0.29) is 11.4 Å². The quantitative estimate of drug-likeness (QED) is 0.709. The van der Waals surface area contributed by atoms with E-state index in [0.717, 1.165) is 37.7 Å². The monoisotopic (exact) mass is 328 g/mol. The van der Waals surface area contributed by atoms with Gasteiger partial charge in [0.15, 0.2) is 0 Å². The summed E-state index contributed by atoms with van der Waals surface area (Å²) in [7, 11) is 1.41. The topological polar surface area (TPSA) is 39.4 Å². The van der Waals surface area contributed by atoms with Gasteiger partial charge >= 0.3 is 5.97 Å². The van der Waals surface area contributed by atoms with Crippen molar-refractivity contribution in [2.24, 2.45) is 11.3 Å². The summed E-state index contributed by atoms with van der Waals surface area (Å²) in [6.45, 7) is 8.76. The molecule has 0 bridgehead atoms. The number of rotatable bonds is 4. The zero-order valence-corrected chi connectivity index (χ0v) is 15.0. The second-order valence-electron chi connectivity index (χ2n) is 7.03. The lowest BCUT2D eigenvalue weighted by molar-refractivity contribution is -0.135. The van der Waals surface area contributed by atoms with Crippen molar-refractivity contribution in [3.05, 3.63) is 60.1 Å². The van der Waals surface area contributed by atoms with E-state index in [9.17, 15) is 4.79 Å². The van der Waals surface area contributed by atoms with Gasteiger partial charge < -0.3 is 9.15 Å². The van der Waals surface area contributed by atoms with Crippen molar-refractivity contribution >= 4 is 5.97 Å². The van der Waals surface area contributed by atoms with Crippen molar-refractivity contribution in [3.63, 3.8) is 0 Å². The normalized spacial score (nSPS) is 25.2. The Morgan fingerprint density at radius 1 is 1.50 bits per heavy atom. The van der Waals surface area contributed by atoms with E-state index in [4.69, 9.17) is 9.15 Å². The first-order valence-electron chi connectivity index (χ1n) is 8.60. The number of hydrogen-bond donors (Lipinski definition) is 0. The Morgan fingerprint density at radius 3 is 2.96 bits per heavy atom. The summed E-state index contributed by atoms with van der Waals surface area (Å²) in [5.41, 5.74) is 2.91. The number of methoxy groups -OCH3 is 1. The highest BCUT2D eigenvalue weighted by molar-refractivity contribution is 5.93. The number of carbonyl (C=O) groups is 1. The molecule has 0 saturated carbocycles. The van der Waals surface area contributed by atoms with Gasteiger partial charge in [-0.15, -0.1) is 0 Å². The van der Waals surface area contributed by atoms with Crippen LogP contribution in [0.2, 0.25) is 0 Å². The number of carbonyl (C=O) groups excluding carboxylic acids is 1. The van der Waals surface area contributed by atoms with Crippen LogP contribution in [0.15, 0.2) is 59.0 Å². The molecule has 0 fully saturated rings. The van der Waals surface area contributed by atoms with Gasteiger partial charge in [0, 0.05) is 0 Å². The Labute approximate surface area is 145 Å². The van der Waals surface area contributed by atoms with Crippen molar-refractivity contribution in [1.29, 1.82) is 0 Å². The van der Waals surface area contributed by atoms with Crippen molar-refractivity contribution in [1.82, 2.24) is 0 Å². The lowest BCUT2D eigenvalue weighted by atomic mass is 9.69. The molecule has 1 aliphatic rings. The Morgan fingerprint density at radius 2 is 2.29 bits per heavy atom. The van der Waals surface area contributed by atoms with E-state index < -0.39 is 0 Å². The van der Waals surface area contributed by atoms with Gasteiger partial charge in [0.1, 0.15) is 0 Å². The van der Waals surface area contributed by atoms with Crippen LogP contribution in [0.1, 0.15) is 45.1 Å². The fraction of sp³-hybridized carbons (Fsp3) is 0.476. The first-order chi connectivity index (χ1) is 11.5. The molecule has 0 unspecified atom stereocenters. The van der Waals surface area contributed by atoms with Crippen LogP contribution in [0.3, 0.4) is 0 Å². The average Bonchev–Trinajstić information content (AvgIpc) is 3.10. The van der Waals surface area contributed by atoms with Gasteiger partial charge in [-0.3, -0.25) is 0 Å². The smallest absolute Gasteiger partial charge is 0.338 e. The Kier molecular flexibility index (Phi) is 6.24. The second-order valence-corrected chi connectivity index (χ2v) is 7.03. The number of ether oxygens (including phenoxy) is 1. The maximum absolute atomic E-state index is 11.9. The maximum Gasteiger partial charge on any atom is 0.338 e. The van der Waals surface area contributed by atoms with Crippen molar-refractivity contribution in [2.75, 3.05) is 7.11 Å². The number of allylic oxidation sites excluding steroid dienone is 3. The van der Waals surface area contributed by atoms with Gasteiger partial charge in [0.05, 0.1) is 25.2 Å². The zero-order valence-electron chi connectivity index (χ0n) is 15.0. The second kappa shape index (κ2) is 8.18. The Hall–Kier alpha value is -2.03. The molecule has 0 N–H and O–H groups in total. The molecule has 0 aliphatic heterocycles. The van der Waals surface area contributed by atoms with E-state index in [0.29, 0.717) is 11.5 Å². The van der Waals surface area contributed by atoms with Gasteiger partial charge in [-0.1, -0.05) is 32.6 Å². The maximum atomic E-state index is 11.9. The molecule has 3 nitrogen and oxygen atoms in total. The lowest BCUT2D eigenvalue weighted by Crippen LogP contribution is -2.26. The number of aryl methyl sites for hydroxylation is 1. The molecule has 2 rings (SSSR count). The molecular weight excluding hydrogens is 300 g/mol. The van der Waals surface area contributed by atoms with Crippen LogP contribution in [-0.4, -0.2) is 13.1 Å². The van der Waals surface area contributed by atoms with Crippen LogP contribution in [0.4, 0.5) is 0 Å². The summed E-state index contributed by atoms with van der Waals surface area (Å²) in [6.07, 6.45) is 14.5. The van der Waals surface area contributed by atoms with E-state index in [1.54, 1.807) is 6.26 Å². The third-order valence-corrected chi connectivity index (χ3v) is 5.40. The molecule has 24 heavy (non-hydrogen) atoms. The molecule has 3 heteroatoms. The van der Waals surface area contributed by atoms with E-state index in [1.807, 2.05) is 24.5 Å². The lowest BCUT2D eigenvalue weighted by Gasteiger charge is -2.36. The Bertz CT molecular complexity index is 622. The molecule has 1 heterocycles. The first kappa shape index (κ1) is 18.3. The highest BCUT2D eigenvalue weighted by Gasteiger charge is 2.30. The van der Waals surface area contributed by atoms with E-state index in [1.165, 1.54) is 12.7 Å². The summed E-state index contributed by atoms with van der Waals surface area (Å²) in [6, 6.07) is 2.04. The summed E-state index contributed by atoms with van der Waals surface area (Å²) in [5, 5.41) is 0. The van der Waals surface area contributed by atoms with Crippen LogP contribution in [0, 0.1) is 11.3 Å². The standard InChI is InChI=1S/C21H28O3/c1-16-8-9-17(2)21(3,13-10-18-11-14-24-15-18)12-6-5-7-19(16)20(22)23-4/h5-7,11,14-15,17H,1,8-10,12-13H2,2-4H3/t17-,21-/m1/s1. The third-order valence-electron chi connectivity index (χ3n) is 5.40. The minimum atomic E-state index is -0.305. The van der Waals surface area contributed by atoms with Crippen molar-refractivity contribution < 1.29 is 13.9 Å². The molecule has 1 aromatic rings. The van der Waals surface area contributed by atoms with Crippen LogP contribution >= 0.6 is 0 Å². The molecule has 0 aromatic carbocycles. The molecule has 130 valence electrons. The predicted molar refractivity (Wildman–Crippen MR) is 96.5 cm³/mol. The summed E-state index contributed by atoms with van der Waals surface area (Å²) in [4.78, 5) is 11.9. The number of hydrogen-bond acceptors (Lipinski definition) is 3.